The van der Waals surface area contributed by atoms with Gasteiger partial charge in [-0.25, -0.2) is 14.4 Å². The van der Waals surface area contributed by atoms with Gasteiger partial charge in [-0.05, 0) is 54.5 Å². The van der Waals surface area contributed by atoms with Crippen LogP contribution in [0.15, 0.2) is 57.7 Å². The molecule has 174 valence electrons. The average Bonchev–Trinajstić information content (AvgIpc) is 2.80. The van der Waals surface area contributed by atoms with Crippen LogP contribution in [0.5, 0.6) is 5.75 Å². The first-order valence-corrected chi connectivity index (χ1v) is 12.1. The van der Waals surface area contributed by atoms with Gasteiger partial charge < -0.3 is 19.2 Å². The lowest BCUT2D eigenvalue weighted by Gasteiger charge is -2.18. The van der Waals surface area contributed by atoms with E-state index < -0.39 is 23.7 Å². The van der Waals surface area contributed by atoms with Gasteiger partial charge in [0.25, 0.3) is 0 Å². The smallest absolute Gasteiger partial charge is 0.408 e. The van der Waals surface area contributed by atoms with Crippen LogP contribution in [0.1, 0.15) is 30.0 Å². The molecule has 0 aliphatic carbocycles. The van der Waals surface area contributed by atoms with Crippen LogP contribution in [0.25, 0.3) is 11.0 Å². The molecule has 0 fully saturated rings. The lowest BCUT2D eigenvalue weighted by molar-refractivity contribution is -0.136. The van der Waals surface area contributed by atoms with Crippen molar-refractivity contribution in [3.05, 3.63) is 75.6 Å². The third-order valence-corrected chi connectivity index (χ3v) is 5.77. The van der Waals surface area contributed by atoms with Gasteiger partial charge in [0, 0.05) is 17.5 Å². The van der Waals surface area contributed by atoms with E-state index in [1.807, 2.05) is 56.5 Å². The summed E-state index contributed by atoms with van der Waals surface area (Å²) in [7, 11) is 0. The zero-order chi connectivity index (χ0) is 23.8. The highest BCUT2D eigenvalue weighted by Crippen LogP contribution is 2.28. The molecule has 33 heavy (non-hydrogen) atoms. The van der Waals surface area contributed by atoms with Crippen molar-refractivity contribution >= 4 is 34.8 Å². The van der Waals surface area contributed by atoms with Gasteiger partial charge in [-0.1, -0.05) is 37.3 Å². The Morgan fingerprint density at radius 3 is 2.61 bits per heavy atom. The molecule has 7 nitrogen and oxygen atoms in total. The van der Waals surface area contributed by atoms with Crippen molar-refractivity contribution in [3.8, 4) is 5.75 Å². The molecule has 1 aromatic heterocycles. The number of hydrogen-bond donors (Lipinski definition) is 1. The van der Waals surface area contributed by atoms with Crippen LogP contribution < -0.4 is 15.7 Å². The quantitative estimate of drug-likeness (QED) is 0.278. The van der Waals surface area contributed by atoms with E-state index in [2.05, 4.69) is 5.32 Å². The molecular weight excluding hydrogens is 442 g/mol. The van der Waals surface area contributed by atoms with Crippen LogP contribution in [0.4, 0.5) is 4.79 Å². The second-order valence-corrected chi connectivity index (χ2v) is 8.50. The van der Waals surface area contributed by atoms with E-state index in [1.165, 1.54) is 6.07 Å². The molecule has 0 aliphatic heterocycles. The number of thioether (sulfide) groups is 1. The van der Waals surface area contributed by atoms with Crippen LogP contribution in [0.3, 0.4) is 0 Å². The monoisotopic (exact) mass is 469 g/mol. The Kier molecular flexibility index (Phi) is 8.54. The largest absolute Gasteiger partial charge is 0.445 e. The molecule has 0 radical (unpaired) electrons. The fourth-order valence-corrected chi connectivity index (χ4v) is 3.80. The molecule has 1 N–H and O–H groups in total. The van der Waals surface area contributed by atoms with Crippen molar-refractivity contribution in [2.24, 2.45) is 0 Å². The summed E-state index contributed by atoms with van der Waals surface area (Å²) in [5.74, 6) is 0.340. The lowest BCUT2D eigenvalue weighted by Crippen LogP contribution is -2.43. The number of benzene rings is 2. The molecule has 0 bridgehead atoms. The van der Waals surface area contributed by atoms with Crippen LogP contribution in [0, 0.1) is 6.92 Å². The number of esters is 1. The van der Waals surface area contributed by atoms with E-state index in [0.717, 1.165) is 22.1 Å². The number of carbonyl (C=O) groups is 2. The number of nitrogens with one attached hydrogen (secondary N) is 1. The molecule has 1 unspecified atom stereocenters. The Balaban J connectivity index is 1.75. The van der Waals surface area contributed by atoms with Crippen LogP contribution in [0.2, 0.25) is 0 Å². The standard InChI is InChI=1S/C25H27NO6S/c1-4-18-13-19-16(2)12-23(27)31-22(19)14-21(18)32-24(28)20(10-11-33-3)26-25(29)30-15-17-8-6-5-7-9-17/h5-9,12-14,20H,4,10-11,15H2,1-3H3,(H,26,29). The zero-order valence-corrected chi connectivity index (χ0v) is 19.7. The molecule has 0 spiro atoms. The van der Waals surface area contributed by atoms with E-state index >= 15 is 0 Å². The van der Waals surface area contributed by atoms with Crippen molar-refractivity contribution in [2.75, 3.05) is 12.0 Å². The Morgan fingerprint density at radius 1 is 1.15 bits per heavy atom. The SMILES string of the molecule is CCc1cc2c(C)cc(=O)oc2cc1OC(=O)C(CCSC)NC(=O)OCc1ccccc1. The van der Waals surface area contributed by atoms with Crippen molar-refractivity contribution in [1.29, 1.82) is 0 Å². The van der Waals surface area contributed by atoms with E-state index in [0.29, 0.717) is 29.9 Å². The predicted molar refractivity (Wildman–Crippen MR) is 129 cm³/mol. The van der Waals surface area contributed by atoms with Gasteiger partial charge in [0.2, 0.25) is 0 Å². The lowest BCUT2D eigenvalue weighted by atomic mass is 10.1. The van der Waals surface area contributed by atoms with Gasteiger partial charge in [0.05, 0.1) is 0 Å². The first-order valence-electron chi connectivity index (χ1n) is 10.7. The summed E-state index contributed by atoms with van der Waals surface area (Å²) in [5, 5.41) is 3.40. The minimum Gasteiger partial charge on any atom is -0.445 e. The van der Waals surface area contributed by atoms with Gasteiger partial charge >= 0.3 is 17.7 Å². The number of fused-ring (bicyclic) bond motifs is 1. The summed E-state index contributed by atoms with van der Waals surface area (Å²) in [6.07, 6.45) is 2.21. The third-order valence-electron chi connectivity index (χ3n) is 5.12. The van der Waals surface area contributed by atoms with Gasteiger partial charge in [-0.2, -0.15) is 11.8 Å². The van der Waals surface area contributed by atoms with E-state index in [-0.39, 0.29) is 6.61 Å². The molecule has 3 aromatic rings. The normalized spacial score (nSPS) is 11.7. The van der Waals surface area contributed by atoms with Gasteiger partial charge in [0.15, 0.2) is 0 Å². The molecule has 8 heteroatoms. The highest BCUT2D eigenvalue weighted by atomic mass is 32.2. The summed E-state index contributed by atoms with van der Waals surface area (Å²) in [6.45, 7) is 3.87. The Hall–Kier alpha value is -3.26. The van der Waals surface area contributed by atoms with Crippen LogP contribution in [-0.4, -0.2) is 30.1 Å². The van der Waals surface area contributed by atoms with E-state index in [1.54, 1.807) is 17.8 Å². The van der Waals surface area contributed by atoms with Gasteiger partial charge in [0.1, 0.15) is 24.0 Å². The molecule has 0 saturated carbocycles. The van der Waals surface area contributed by atoms with Gasteiger partial charge in [-0.15, -0.1) is 0 Å². The zero-order valence-electron chi connectivity index (χ0n) is 18.9. The Morgan fingerprint density at radius 2 is 1.91 bits per heavy atom. The number of hydrogen-bond acceptors (Lipinski definition) is 7. The maximum absolute atomic E-state index is 13.0. The Bertz CT molecular complexity index is 1170. The second kappa shape index (κ2) is 11.6. The van der Waals surface area contributed by atoms with Crippen molar-refractivity contribution in [2.45, 2.75) is 39.3 Å². The fourth-order valence-electron chi connectivity index (χ4n) is 3.33. The Labute approximate surface area is 196 Å². The summed E-state index contributed by atoms with van der Waals surface area (Å²) < 4.78 is 16.2. The fraction of sp³-hybridized carbons (Fsp3) is 0.320. The van der Waals surface area contributed by atoms with Crippen LogP contribution >= 0.6 is 11.8 Å². The maximum atomic E-state index is 13.0. The van der Waals surface area contributed by atoms with Crippen molar-refractivity contribution < 1.29 is 23.5 Å². The number of aryl methyl sites for hydroxylation is 2. The predicted octanol–water partition coefficient (Wildman–Crippen LogP) is 4.62. The second-order valence-electron chi connectivity index (χ2n) is 7.52. The number of alkyl carbamates (subject to hydrolysis) is 1. The van der Waals surface area contributed by atoms with Gasteiger partial charge in [-0.3, -0.25) is 0 Å². The summed E-state index contributed by atoms with van der Waals surface area (Å²) in [5.41, 5.74) is 2.30. The minimum absolute atomic E-state index is 0.0972. The van der Waals surface area contributed by atoms with Crippen LogP contribution in [-0.2, 0) is 22.6 Å². The maximum Gasteiger partial charge on any atom is 0.408 e. The average molecular weight is 470 g/mol. The molecule has 0 saturated heterocycles. The first-order chi connectivity index (χ1) is 15.9. The van der Waals surface area contributed by atoms with Crippen molar-refractivity contribution in [3.63, 3.8) is 0 Å². The summed E-state index contributed by atoms with van der Waals surface area (Å²) in [6, 6.07) is 13.2. The first kappa shape index (κ1) is 24.4. The minimum atomic E-state index is -0.884. The molecule has 1 amide bonds. The van der Waals surface area contributed by atoms with Crippen molar-refractivity contribution in [1.82, 2.24) is 5.32 Å². The topological polar surface area (TPSA) is 94.8 Å². The number of carbonyl (C=O) groups excluding carboxylic acids is 2. The molecule has 3 rings (SSSR count). The van der Waals surface area contributed by atoms with E-state index in [4.69, 9.17) is 13.9 Å². The molecule has 2 aromatic carbocycles. The third kappa shape index (κ3) is 6.61. The highest BCUT2D eigenvalue weighted by molar-refractivity contribution is 7.98. The highest BCUT2D eigenvalue weighted by Gasteiger charge is 2.24. The van der Waals surface area contributed by atoms with E-state index in [9.17, 15) is 14.4 Å². The molecule has 0 aliphatic rings. The number of amides is 1. The molecular formula is C25H27NO6S. The number of ether oxygens (including phenoxy) is 2. The molecule has 1 atom stereocenters. The molecule has 1 heterocycles. The summed E-state index contributed by atoms with van der Waals surface area (Å²) >= 11 is 1.55. The summed E-state index contributed by atoms with van der Waals surface area (Å²) in [4.78, 5) is 37.1. The number of rotatable bonds is 9.